The fourth-order valence-electron chi connectivity index (χ4n) is 2.09. The molecule has 102 valence electrons. The second-order valence-corrected chi connectivity index (χ2v) is 4.51. The highest BCUT2D eigenvalue weighted by Gasteiger charge is 2.21. The average molecular weight is 263 g/mol. The first-order valence-electron chi connectivity index (χ1n) is 6.28. The first-order valence-corrected chi connectivity index (χ1v) is 6.28. The van der Waals surface area contributed by atoms with Crippen molar-refractivity contribution in [3.8, 4) is 0 Å². The van der Waals surface area contributed by atoms with Crippen LogP contribution in [0.2, 0.25) is 0 Å². The molecule has 1 heterocycles. The predicted octanol–water partition coefficient (Wildman–Crippen LogP) is 1.69. The molecule has 0 bridgehead atoms. The van der Waals surface area contributed by atoms with Gasteiger partial charge in [0.05, 0.1) is 17.9 Å². The minimum Gasteiger partial charge on any atom is -0.271 e. The van der Waals surface area contributed by atoms with Gasteiger partial charge in [-0.15, -0.1) is 5.10 Å². The van der Waals surface area contributed by atoms with E-state index in [-0.39, 0.29) is 5.82 Å². The lowest BCUT2D eigenvalue weighted by atomic mass is 10.0. The van der Waals surface area contributed by atoms with Gasteiger partial charge in [-0.3, -0.25) is 5.84 Å². The lowest BCUT2D eigenvalue weighted by Crippen LogP contribution is -2.31. The summed E-state index contributed by atoms with van der Waals surface area (Å²) in [5, 5.41) is 7.88. The average Bonchev–Trinajstić information content (AvgIpc) is 2.83. The summed E-state index contributed by atoms with van der Waals surface area (Å²) in [5.74, 6) is 5.30. The zero-order valence-electron chi connectivity index (χ0n) is 11.1. The van der Waals surface area contributed by atoms with E-state index in [1.807, 2.05) is 13.8 Å². The monoisotopic (exact) mass is 263 g/mol. The van der Waals surface area contributed by atoms with Gasteiger partial charge in [0.25, 0.3) is 0 Å². The van der Waals surface area contributed by atoms with Gasteiger partial charge in [-0.05, 0) is 19.4 Å². The Morgan fingerprint density at radius 3 is 2.95 bits per heavy atom. The van der Waals surface area contributed by atoms with E-state index in [1.54, 1.807) is 23.0 Å². The van der Waals surface area contributed by atoms with Crippen LogP contribution < -0.4 is 11.3 Å². The van der Waals surface area contributed by atoms with E-state index >= 15 is 0 Å². The molecular weight excluding hydrogens is 245 g/mol. The maximum absolute atomic E-state index is 14.0. The van der Waals surface area contributed by atoms with Crippen molar-refractivity contribution in [2.75, 3.05) is 0 Å². The summed E-state index contributed by atoms with van der Waals surface area (Å²) in [4.78, 5) is 0. The van der Waals surface area contributed by atoms with Crippen LogP contribution in [-0.4, -0.2) is 15.0 Å². The van der Waals surface area contributed by atoms with Crippen LogP contribution in [0.3, 0.4) is 0 Å². The van der Waals surface area contributed by atoms with Gasteiger partial charge in [-0.25, -0.2) is 14.5 Å². The van der Waals surface area contributed by atoms with E-state index in [1.165, 1.54) is 6.07 Å². The second kappa shape index (κ2) is 5.90. The molecule has 0 fully saturated rings. The third-order valence-corrected chi connectivity index (χ3v) is 3.01. The maximum atomic E-state index is 14.0. The topological polar surface area (TPSA) is 68.8 Å². The molecular formula is C13H18FN5. The summed E-state index contributed by atoms with van der Waals surface area (Å²) in [5.41, 5.74) is 4.88. The summed E-state index contributed by atoms with van der Waals surface area (Å²) in [6, 6.07) is 4.50. The number of hydrazine groups is 1. The van der Waals surface area contributed by atoms with Crippen molar-refractivity contribution in [1.29, 1.82) is 0 Å². The Morgan fingerprint density at radius 2 is 2.26 bits per heavy atom. The molecule has 1 aromatic carbocycles. The van der Waals surface area contributed by atoms with Crippen LogP contribution in [0.5, 0.6) is 0 Å². The van der Waals surface area contributed by atoms with Gasteiger partial charge >= 0.3 is 0 Å². The number of hydrogen-bond acceptors (Lipinski definition) is 4. The zero-order chi connectivity index (χ0) is 13.8. The summed E-state index contributed by atoms with van der Waals surface area (Å²) in [6.07, 6.45) is 2.53. The number of nitrogens with zero attached hydrogens (tertiary/aromatic N) is 3. The molecule has 3 N–H and O–H groups in total. The van der Waals surface area contributed by atoms with Crippen LogP contribution in [0, 0.1) is 12.7 Å². The first-order chi connectivity index (χ1) is 9.17. The van der Waals surface area contributed by atoms with Gasteiger partial charge < -0.3 is 0 Å². The molecule has 19 heavy (non-hydrogen) atoms. The fourth-order valence-corrected chi connectivity index (χ4v) is 2.09. The molecule has 0 aliphatic rings. The molecule has 0 saturated heterocycles. The fraction of sp³-hybridized carbons (Fsp3) is 0.385. The number of nitrogens with two attached hydrogens (primary N) is 1. The van der Waals surface area contributed by atoms with E-state index in [9.17, 15) is 4.39 Å². The van der Waals surface area contributed by atoms with E-state index in [2.05, 4.69) is 15.7 Å². The van der Waals surface area contributed by atoms with Crippen molar-refractivity contribution in [3.05, 3.63) is 47.0 Å². The Hall–Kier alpha value is -1.79. The number of aromatic nitrogens is 3. The third kappa shape index (κ3) is 2.80. The summed E-state index contributed by atoms with van der Waals surface area (Å²) in [7, 11) is 0. The predicted molar refractivity (Wildman–Crippen MR) is 70.6 cm³/mol. The highest BCUT2D eigenvalue weighted by Crippen LogP contribution is 2.24. The van der Waals surface area contributed by atoms with Gasteiger partial charge in [0.1, 0.15) is 5.82 Å². The summed E-state index contributed by atoms with van der Waals surface area (Å²) >= 11 is 0. The number of halogens is 1. The molecule has 0 spiro atoms. The molecule has 2 aromatic rings. The SMILES string of the molecule is CCCn1nncc1C(NN)c1cc(C)ccc1F. The van der Waals surface area contributed by atoms with E-state index in [0.29, 0.717) is 5.56 Å². The molecule has 0 aliphatic carbocycles. The Morgan fingerprint density at radius 1 is 1.47 bits per heavy atom. The minimum atomic E-state index is -0.457. The number of rotatable bonds is 5. The van der Waals surface area contributed by atoms with Crippen LogP contribution in [-0.2, 0) is 6.54 Å². The molecule has 1 aromatic heterocycles. The second-order valence-electron chi connectivity index (χ2n) is 4.51. The van der Waals surface area contributed by atoms with Crippen LogP contribution in [0.4, 0.5) is 4.39 Å². The Balaban J connectivity index is 2.44. The molecule has 0 saturated carbocycles. The van der Waals surface area contributed by atoms with Crippen molar-refractivity contribution >= 4 is 0 Å². The number of hydrogen-bond donors (Lipinski definition) is 2. The van der Waals surface area contributed by atoms with Gasteiger partial charge in [0, 0.05) is 12.1 Å². The molecule has 1 unspecified atom stereocenters. The quantitative estimate of drug-likeness (QED) is 0.636. The highest BCUT2D eigenvalue weighted by molar-refractivity contribution is 5.31. The maximum Gasteiger partial charge on any atom is 0.128 e. The smallest absolute Gasteiger partial charge is 0.128 e. The zero-order valence-corrected chi connectivity index (χ0v) is 11.1. The normalized spacial score (nSPS) is 12.6. The Bertz CT molecular complexity index is 552. The molecule has 6 heteroatoms. The lowest BCUT2D eigenvalue weighted by Gasteiger charge is -2.18. The number of aryl methyl sites for hydroxylation is 2. The van der Waals surface area contributed by atoms with Crippen molar-refractivity contribution in [3.63, 3.8) is 0 Å². The number of benzene rings is 1. The third-order valence-electron chi connectivity index (χ3n) is 3.01. The summed E-state index contributed by atoms with van der Waals surface area (Å²) in [6.45, 7) is 4.68. The summed E-state index contributed by atoms with van der Waals surface area (Å²) < 4.78 is 15.7. The van der Waals surface area contributed by atoms with Gasteiger partial charge in [0.15, 0.2) is 0 Å². The molecule has 2 rings (SSSR count). The standard InChI is InChI=1S/C13H18FN5/c1-3-6-19-12(8-16-18-19)13(17-15)10-7-9(2)4-5-11(10)14/h4-5,7-8,13,17H,3,6,15H2,1-2H3. The van der Waals surface area contributed by atoms with Crippen molar-refractivity contribution in [2.45, 2.75) is 32.9 Å². The van der Waals surface area contributed by atoms with Crippen molar-refractivity contribution in [1.82, 2.24) is 20.4 Å². The van der Waals surface area contributed by atoms with Gasteiger partial charge in [-0.2, -0.15) is 0 Å². The largest absolute Gasteiger partial charge is 0.271 e. The van der Waals surface area contributed by atoms with E-state index in [0.717, 1.165) is 24.2 Å². The van der Waals surface area contributed by atoms with Crippen molar-refractivity contribution in [2.24, 2.45) is 5.84 Å². The molecule has 0 amide bonds. The Labute approximate surface area is 111 Å². The van der Waals surface area contributed by atoms with Crippen LogP contribution in [0.1, 0.15) is 36.2 Å². The van der Waals surface area contributed by atoms with E-state index in [4.69, 9.17) is 5.84 Å². The molecule has 1 atom stereocenters. The Kier molecular flexibility index (Phi) is 4.24. The van der Waals surface area contributed by atoms with Crippen molar-refractivity contribution < 1.29 is 4.39 Å². The molecule has 5 nitrogen and oxygen atoms in total. The molecule has 0 radical (unpaired) electrons. The first kappa shape index (κ1) is 13.6. The lowest BCUT2D eigenvalue weighted by molar-refractivity contribution is 0.496. The molecule has 0 aliphatic heterocycles. The van der Waals surface area contributed by atoms with Gasteiger partial charge in [0.2, 0.25) is 0 Å². The highest BCUT2D eigenvalue weighted by atomic mass is 19.1. The number of nitrogens with one attached hydrogen (secondary N) is 1. The van der Waals surface area contributed by atoms with Crippen LogP contribution in [0.15, 0.2) is 24.4 Å². The van der Waals surface area contributed by atoms with E-state index < -0.39 is 6.04 Å². The van der Waals surface area contributed by atoms with Crippen LogP contribution in [0.25, 0.3) is 0 Å². The van der Waals surface area contributed by atoms with Crippen LogP contribution >= 0.6 is 0 Å². The minimum absolute atomic E-state index is 0.294. The van der Waals surface area contributed by atoms with Gasteiger partial charge in [-0.1, -0.05) is 29.8 Å².